The second-order valence-electron chi connectivity index (χ2n) is 4.69. The van der Waals surface area contributed by atoms with Crippen molar-refractivity contribution in [3.8, 4) is 11.5 Å². The summed E-state index contributed by atoms with van der Waals surface area (Å²) in [7, 11) is 1.57. The van der Waals surface area contributed by atoms with E-state index in [1.807, 2.05) is 12.1 Å². The Morgan fingerprint density at radius 1 is 1.09 bits per heavy atom. The van der Waals surface area contributed by atoms with Crippen LogP contribution in [0.2, 0.25) is 0 Å². The van der Waals surface area contributed by atoms with E-state index in [9.17, 15) is 4.79 Å². The molecular weight excluding hydrogens is 284 g/mol. The summed E-state index contributed by atoms with van der Waals surface area (Å²) in [5, 5.41) is 5.37. The Hall–Kier alpha value is -1.95. The highest BCUT2D eigenvalue weighted by Gasteiger charge is 2.03. The first-order valence-electron chi connectivity index (χ1n) is 7.63. The van der Waals surface area contributed by atoms with E-state index >= 15 is 0 Å². The number of urea groups is 1. The van der Waals surface area contributed by atoms with Crippen molar-refractivity contribution in [3.63, 3.8) is 0 Å². The second kappa shape index (κ2) is 11.7. The van der Waals surface area contributed by atoms with Crippen molar-refractivity contribution in [1.82, 2.24) is 10.6 Å². The Morgan fingerprint density at radius 3 is 2.55 bits per heavy atom. The van der Waals surface area contributed by atoms with Gasteiger partial charge >= 0.3 is 6.03 Å². The molecule has 2 N–H and O–H groups in total. The maximum Gasteiger partial charge on any atom is 0.317 e. The smallest absolute Gasteiger partial charge is 0.317 e. The minimum atomic E-state index is -0.261. The lowest BCUT2D eigenvalue weighted by molar-refractivity contribution is 0.129. The third-order valence-electron chi connectivity index (χ3n) is 2.92. The van der Waals surface area contributed by atoms with Gasteiger partial charge in [0.1, 0.15) is 0 Å². The molecule has 0 aliphatic heterocycles. The molecule has 22 heavy (non-hydrogen) atoms. The molecule has 0 aromatic heterocycles. The molecular formula is C16H26N2O4. The molecule has 1 rings (SSSR count). The van der Waals surface area contributed by atoms with Gasteiger partial charge < -0.3 is 24.8 Å². The van der Waals surface area contributed by atoms with Crippen molar-refractivity contribution in [2.75, 3.05) is 33.6 Å². The van der Waals surface area contributed by atoms with Crippen LogP contribution >= 0.6 is 0 Å². The largest absolute Gasteiger partial charge is 0.493 e. The molecule has 0 bridgehead atoms. The maximum atomic E-state index is 11.5. The van der Waals surface area contributed by atoms with Crippen LogP contribution in [-0.2, 0) is 4.74 Å². The maximum absolute atomic E-state index is 11.5. The topological polar surface area (TPSA) is 68.8 Å². The normalized spacial score (nSPS) is 10.1. The fourth-order valence-corrected chi connectivity index (χ4v) is 1.70. The van der Waals surface area contributed by atoms with Crippen molar-refractivity contribution < 1.29 is 19.0 Å². The Bertz CT molecular complexity index is 426. The highest BCUT2D eigenvalue weighted by atomic mass is 16.5. The Labute approximate surface area is 132 Å². The van der Waals surface area contributed by atoms with E-state index in [-0.39, 0.29) is 12.8 Å². The van der Waals surface area contributed by atoms with E-state index in [1.165, 1.54) is 0 Å². The van der Waals surface area contributed by atoms with E-state index in [2.05, 4.69) is 17.6 Å². The van der Waals surface area contributed by atoms with Gasteiger partial charge in [-0.3, -0.25) is 0 Å². The van der Waals surface area contributed by atoms with Gasteiger partial charge in [0, 0.05) is 19.8 Å². The van der Waals surface area contributed by atoms with Crippen LogP contribution < -0.4 is 20.1 Å². The van der Waals surface area contributed by atoms with Gasteiger partial charge in [0.25, 0.3) is 0 Å². The monoisotopic (exact) mass is 310 g/mol. The lowest BCUT2D eigenvalue weighted by atomic mass is 10.3. The van der Waals surface area contributed by atoms with Crippen molar-refractivity contribution in [1.29, 1.82) is 0 Å². The highest BCUT2D eigenvalue weighted by molar-refractivity contribution is 5.73. The number of methoxy groups -OCH3 is 1. The third-order valence-corrected chi connectivity index (χ3v) is 2.92. The number of unbranched alkanes of at least 4 members (excludes halogenated alkanes) is 1. The van der Waals surface area contributed by atoms with Crippen LogP contribution in [0.1, 0.15) is 26.2 Å². The molecule has 0 aliphatic rings. The van der Waals surface area contributed by atoms with Crippen molar-refractivity contribution in [3.05, 3.63) is 24.3 Å². The summed E-state index contributed by atoms with van der Waals surface area (Å²) in [5.41, 5.74) is 0. The molecule has 1 aromatic carbocycles. The Morgan fingerprint density at radius 2 is 1.82 bits per heavy atom. The van der Waals surface area contributed by atoms with Crippen LogP contribution in [0.5, 0.6) is 11.5 Å². The van der Waals surface area contributed by atoms with Crippen LogP contribution in [0.25, 0.3) is 0 Å². The average molecular weight is 310 g/mol. The summed E-state index contributed by atoms with van der Waals surface area (Å²) in [6.45, 7) is 4.24. The number of para-hydroxylation sites is 2. The predicted molar refractivity (Wildman–Crippen MR) is 85.4 cm³/mol. The number of rotatable bonds is 11. The summed E-state index contributed by atoms with van der Waals surface area (Å²) < 4.78 is 16.0. The number of ether oxygens (including phenoxy) is 3. The number of carbonyl (C=O) groups is 1. The zero-order valence-corrected chi connectivity index (χ0v) is 13.4. The molecule has 1 aromatic rings. The van der Waals surface area contributed by atoms with Crippen LogP contribution in [0.3, 0.4) is 0 Å². The summed E-state index contributed by atoms with van der Waals surface area (Å²) in [6.07, 6.45) is 3.01. The fourth-order valence-electron chi connectivity index (χ4n) is 1.70. The minimum Gasteiger partial charge on any atom is -0.493 e. The lowest BCUT2D eigenvalue weighted by Crippen LogP contribution is -2.38. The van der Waals surface area contributed by atoms with Gasteiger partial charge in [-0.25, -0.2) is 4.79 Å². The first-order chi connectivity index (χ1) is 10.8. The van der Waals surface area contributed by atoms with Crippen molar-refractivity contribution >= 4 is 6.03 Å². The second-order valence-corrected chi connectivity index (χ2v) is 4.69. The van der Waals surface area contributed by atoms with Gasteiger partial charge in [-0.1, -0.05) is 25.5 Å². The summed E-state index contributed by atoms with van der Waals surface area (Å²) in [5.74, 6) is 1.23. The zero-order valence-electron chi connectivity index (χ0n) is 13.4. The Kier molecular flexibility index (Phi) is 9.61. The van der Waals surface area contributed by atoms with E-state index in [4.69, 9.17) is 14.2 Å². The average Bonchev–Trinajstić information content (AvgIpc) is 2.54. The first-order valence-corrected chi connectivity index (χ1v) is 7.63. The molecule has 0 fully saturated rings. The van der Waals surface area contributed by atoms with Gasteiger partial charge in [-0.2, -0.15) is 0 Å². The molecule has 0 unspecified atom stereocenters. The van der Waals surface area contributed by atoms with E-state index in [1.54, 1.807) is 19.2 Å². The number of amides is 2. The van der Waals surface area contributed by atoms with Crippen LogP contribution in [-0.4, -0.2) is 39.6 Å². The molecule has 0 aliphatic carbocycles. The molecule has 0 saturated heterocycles. The summed E-state index contributed by atoms with van der Waals surface area (Å²) in [6, 6.07) is 7.02. The zero-order chi connectivity index (χ0) is 16.0. The number of carbonyl (C=O) groups excluding carboxylic acids is 1. The Balaban J connectivity index is 2.06. The fraction of sp³-hybridized carbons (Fsp3) is 0.562. The molecule has 6 heteroatoms. The summed E-state index contributed by atoms with van der Waals surface area (Å²) >= 11 is 0. The molecule has 0 heterocycles. The lowest BCUT2D eigenvalue weighted by Gasteiger charge is -2.11. The van der Waals surface area contributed by atoms with E-state index in [0.717, 1.165) is 25.9 Å². The minimum absolute atomic E-state index is 0.0825. The summed E-state index contributed by atoms with van der Waals surface area (Å²) in [4.78, 5) is 11.5. The number of nitrogens with one attached hydrogen (secondary N) is 2. The van der Waals surface area contributed by atoms with Gasteiger partial charge in [-0.15, -0.1) is 0 Å². The quantitative estimate of drug-likeness (QED) is 0.487. The number of hydrogen-bond donors (Lipinski definition) is 2. The SMILES string of the molecule is CCCCOCCCNC(=O)NCOc1ccccc1OC. The molecule has 0 atom stereocenters. The highest BCUT2D eigenvalue weighted by Crippen LogP contribution is 2.25. The number of benzene rings is 1. The van der Waals surface area contributed by atoms with Gasteiger partial charge in [0.05, 0.1) is 7.11 Å². The molecule has 6 nitrogen and oxygen atoms in total. The van der Waals surface area contributed by atoms with Gasteiger partial charge in [0.2, 0.25) is 0 Å². The molecule has 0 saturated carbocycles. The van der Waals surface area contributed by atoms with Crippen molar-refractivity contribution in [2.45, 2.75) is 26.2 Å². The first kappa shape index (κ1) is 18.1. The molecule has 0 radical (unpaired) electrons. The van der Waals surface area contributed by atoms with Crippen LogP contribution in [0.15, 0.2) is 24.3 Å². The van der Waals surface area contributed by atoms with Crippen LogP contribution in [0, 0.1) is 0 Å². The molecule has 124 valence electrons. The standard InChI is InChI=1S/C16H26N2O4/c1-3-4-11-21-12-7-10-17-16(19)18-13-22-15-9-6-5-8-14(15)20-2/h5-6,8-9H,3-4,7,10-13H2,1-2H3,(H2,17,18,19). The predicted octanol–water partition coefficient (Wildman–Crippen LogP) is 2.54. The molecule has 2 amide bonds. The molecule has 0 spiro atoms. The van der Waals surface area contributed by atoms with Crippen molar-refractivity contribution in [2.24, 2.45) is 0 Å². The van der Waals surface area contributed by atoms with E-state index in [0.29, 0.717) is 24.7 Å². The third kappa shape index (κ3) is 7.73. The van der Waals surface area contributed by atoms with Gasteiger partial charge in [-0.05, 0) is 25.0 Å². The van der Waals surface area contributed by atoms with Gasteiger partial charge in [0.15, 0.2) is 18.2 Å². The van der Waals surface area contributed by atoms with E-state index < -0.39 is 0 Å². The number of hydrogen-bond acceptors (Lipinski definition) is 4. The van der Waals surface area contributed by atoms with Crippen LogP contribution in [0.4, 0.5) is 4.79 Å².